The van der Waals surface area contributed by atoms with Crippen LogP contribution in [0.2, 0.25) is 0 Å². The van der Waals surface area contributed by atoms with Gasteiger partial charge in [-0.1, -0.05) is 0 Å². The average molecular weight is 285 g/mol. The molecule has 0 aromatic carbocycles. The molecule has 0 radical (unpaired) electrons. The summed E-state index contributed by atoms with van der Waals surface area (Å²) in [6.07, 6.45) is 1.99. The van der Waals surface area contributed by atoms with E-state index in [4.69, 9.17) is 9.15 Å². The third-order valence-electron chi connectivity index (χ3n) is 3.04. The zero-order valence-corrected chi connectivity index (χ0v) is 11.8. The summed E-state index contributed by atoms with van der Waals surface area (Å²) in [5, 5.41) is 9.22. The number of amides is 1. The van der Waals surface area contributed by atoms with E-state index in [9.17, 15) is 9.90 Å². The van der Waals surface area contributed by atoms with Crippen molar-refractivity contribution in [3.05, 3.63) is 23.7 Å². The standard InChI is InChI=1S/C13H19NO4S/c1-19-9-11-2-3-12(18-11)13(16)14-4-5-17-8-10(6-14)7-15/h2-3,10,15H,4-9H2,1H3/t10-/m1/s1. The number of nitrogens with zero attached hydrogens (tertiary/aromatic N) is 1. The van der Waals surface area contributed by atoms with Crippen LogP contribution in [0.15, 0.2) is 16.5 Å². The highest BCUT2D eigenvalue weighted by atomic mass is 32.2. The summed E-state index contributed by atoms with van der Waals surface area (Å²) in [5.41, 5.74) is 0. The van der Waals surface area contributed by atoms with Gasteiger partial charge in [-0.15, -0.1) is 0 Å². The highest BCUT2D eigenvalue weighted by molar-refractivity contribution is 7.97. The van der Waals surface area contributed by atoms with Crippen LogP contribution < -0.4 is 0 Å². The Hall–Kier alpha value is -0.980. The molecule has 1 aliphatic heterocycles. The third kappa shape index (κ3) is 3.75. The molecule has 1 aromatic rings. The normalized spacial score (nSPS) is 20.3. The molecule has 5 nitrogen and oxygen atoms in total. The van der Waals surface area contributed by atoms with Gasteiger partial charge >= 0.3 is 0 Å². The lowest BCUT2D eigenvalue weighted by Gasteiger charge is -2.21. The second kappa shape index (κ2) is 6.98. The number of ether oxygens (including phenoxy) is 1. The van der Waals surface area contributed by atoms with Crippen LogP contribution in [-0.2, 0) is 10.5 Å². The topological polar surface area (TPSA) is 62.9 Å². The smallest absolute Gasteiger partial charge is 0.289 e. The Kier molecular flexibility index (Phi) is 5.30. The molecule has 0 unspecified atom stereocenters. The summed E-state index contributed by atoms with van der Waals surface area (Å²) >= 11 is 1.65. The van der Waals surface area contributed by atoms with E-state index in [1.807, 2.05) is 12.3 Å². The minimum Gasteiger partial charge on any atom is -0.455 e. The molecule has 2 rings (SSSR count). The van der Waals surface area contributed by atoms with E-state index in [1.165, 1.54) is 0 Å². The van der Waals surface area contributed by atoms with Crippen LogP contribution in [0.25, 0.3) is 0 Å². The molecule has 19 heavy (non-hydrogen) atoms. The van der Waals surface area contributed by atoms with Gasteiger partial charge in [0.1, 0.15) is 5.76 Å². The van der Waals surface area contributed by atoms with Crippen molar-refractivity contribution in [3.8, 4) is 0 Å². The first kappa shape index (κ1) is 14.4. The van der Waals surface area contributed by atoms with E-state index < -0.39 is 0 Å². The van der Waals surface area contributed by atoms with Crippen molar-refractivity contribution in [2.75, 3.05) is 39.2 Å². The Morgan fingerprint density at radius 1 is 1.58 bits per heavy atom. The molecular formula is C13H19NO4S. The Labute approximate surface area is 116 Å². The molecule has 1 fully saturated rings. The fraction of sp³-hybridized carbons (Fsp3) is 0.615. The maximum atomic E-state index is 12.3. The van der Waals surface area contributed by atoms with Crippen LogP contribution in [0.1, 0.15) is 16.3 Å². The maximum absolute atomic E-state index is 12.3. The average Bonchev–Trinajstić information content (AvgIpc) is 2.75. The molecule has 0 spiro atoms. The van der Waals surface area contributed by atoms with E-state index in [0.29, 0.717) is 32.1 Å². The number of aliphatic hydroxyl groups is 1. The second-order valence-corrected chi connectivity index (χ2v) is 5.44. The van der Waals surface area contributed by atoms with Crippen LogP contribution >= 0.6 is 11.8 Å². The van der Waals surface area contributed by atoms with Gasteiger partial charge in [0.05, 0.1) is 19.0 Å². The van der Waals surface area contributed by atoms with Gasteiger partial charge in [-0.05, 0) is 18.4 Å². The number of carbonyl (C=O) groups is 1. The Bertz CT molecular complexity index is 421. The molecule has 1 saturated heterocycles. The van der Waals surface area contributed by atoms with Gasteiger partial charge in [0, 0.05) is 25.6 Å². The van der Waals surface area contributed by atoms with Gasteiger partial charge in [0.2, 0.25) is 0 Å². The van der Waals surface area contributed by atoms with Crippen LogP contribution in [0.4, 0.5) is 0 Å². The lowest BCUT2D eigenvalue weighted by atomic mass is 10.1. The molecule has 1 aromatic heterocycles. The molecule has 1 atom stereocenters. The molecule has 6 heteroatoms. The summed E-state index contributed by atoms with van der Waals surface area (Å²) in [6.45, 7) is 2.07. The largest absolute Gasteiger partial charge is 0.455 e. The van der Waals surface area contributed by atoms with Gasteiger partial charge in [-0.2, -0.15) is 11.8 Å². The molecule has 0 saturated carbocycles. The quantitative estimate of drug-likeness (QED) is 0.901. The monoisotopic (exact) mass is 285 g/mol. The van der Waals surface area contributed by atoms with E-state index in [0.717, 1.165) is 11.5 Å². The molecular weight excluding hydrogens is 266 g/mol. The number of carbonyl (C=O) groups excluding carboxylic acids is 1. The van der Waals surface area contributed by atoms with Crippen molar-refractivity contribution < 1.29 is 19.1 Å². The predicted molar refractivity (Wildman–Crippen MR) is 73.2 cm³/mol. The fourth-order valence-electron chi connectivity index (χ4n) is 2.04. The lowest BCUT2D eigenvalue weighted by Crippen LogP contribution is -2.36. The predicted octanol–water partition coefficient (Wildman–Crippen LogP) is 1.22. The molecule has 1 aliphatic rings. The summed E-state index contributed by atoms with van der Waals surface area (Å²) in [6, 6.07) is 3.55. The summed E-state index contributed by atoms with van der Waals surface area (Å²) < 4.78 is 10.9. The SMILES string of the molecule is CSCc1ccc(C(=O)N2CCOC[C@@H](CO)C2)o1. The number of rotatable bonds is 4. The first-order valence-corrected chi connectivity index (χ1v) is 7.69. The van der Waals surface area contributed by atoms with Crippen molar-refractivity contribution in [1.29, 1.82) is 0 Å². The molecule has 1 amide bonds. The highest BCUT2D eigenvalue weighted by Gasteiger charge is 2.24. The zero-order chi connectivity index (χ0) is 13.7. The first-order valence-electron chi connectivity index (χ1n) is 6.30. The van der Waals surface area contributed by atoms with E-state index in [-0.39, 0.29) is 18.4 Å². The molecule has 1 N–H and O–H groups in total. The van der Waals surface area contributed by atoms with Crippen LogP contribution in [0.3, 0.4) is 0 Å². The minimum atomic E-state index is -0.128. The highest BCUT2D eigenvalue weighted by Crippen LogP contribution is 2.16. The van der Waals surface area contributed by atoms with Crippen LogP contribution in [0.5, 0.6) is 0 Å². The van der Waals surface area contributed by atoms with Crippen molar-refractivity contribution in [2.24, 2.45) is 5.92 Å². The van der Waals surface area contributed by atoms with Gasteiger partial charge in [-0.3, -0.25) is 4.79 Å². The summed E-state index contributed by atoms with van der Waals surface area (Å²) in [5.74, 6) is 1.78. The fourth-order valence-corrected chi connectivity index (χ4v) is 2.48. The maximum Gasteiger partial charge on any atom is 0.289 e. The zero-order valence-electron chi connectivity index (χ0n) is 11.0. The first-order chi connectivity index (χ1) is 9.24. The van der Waals surface area contributed by atoms with Gasteiger partial charge in [0.25, 0.3) is 5.91 Å². The van der Waals surface area contributed by atoms with Crippen LogP contribution in [0, 0.1) is 5.92 Å². The van der Waals surface area contributed by atoms with E-state index >= 15 is 0 Å². The molecule has 0 bridgehead atoms. The minimum absolute atomic E-state index is 0.0212. The summed E-state index contributed by atoms with van der Waals surface area (Å²) in [4.78, 5) is 14.0. The molecule has 0 aliphatic carbocycles. The summed E-state index contributed by atoms with van der Waals surface area (Å²) in [7, 11) is 0. The molecule has 2 heterocycles. The number of hydrogen-bond acceptors (Lipinski definition) is 5. The third-order valence-corrected chi connectivity index (χ3v) is 3.62. The number of hydrogen-bond donors (Lipinski definition) is 1. The van der Waals surface area contributed by atoms with Crippen molar-refractivity contribution >= 4 is 17.7 Å². The van der Waals surface area contributed by atoms with Crippen molar-refractivity contribution in [2.45, 2.75) is 5.75 Å². The lowest BCUT2D eigenvalue weighted by molar-refractivity contribution is 0.0695. The van der Waals surface area contributed by atoms with Crippen molar-refractivity contribution in [1.82, 2.24) is 4.90 Å². The second-order valence-electron chi connectivity index (χ2n) is 4.57. The Morgan fingerprint density at radius 2 is 2.42 bits per heavy atom. The van der Waals surface area contributed by atoms with Gasteiger partial charge in [-0.25, -0.2) is 0 Å². The van der Waals surface area contributed by atoms with Crippen molar-refractivity contribution in [3.63, 3.8) is 0 Å². The molecule has 106 valence electrons. The Balaban J connectivity index is 2.04. The van der Waals surface area contributed by atoms with E-state index in [2.05, 4.69) is 0 Å². The number of aliphatic hydroxyl groups excluding tert-OH is 1. The number of furan rings is 1. The number of thioether (sulfide) groups is 1. The van der Waals surface area contributed by atoms with E-state index in [1.54, 1.807) is 22.7 Å². The van der Waals surface area contributed by atoms with Gasteiger partial charge < -0.3 is 19.2 Å². The Morgan fingerprint density at radius 3 is 3.16 bits per heavy atom. The van der Waals surface area contributed by atoms with Gasteiger partial charge in [0.15, 0.2) is 5.76 Å². The van der Waals surface area contributed by atoms with Crippen LogP contribution in [-0.4, -0.2) is 55.1 Å².